The highest BCUT2D eigenvalue weighted by molar-refractivity contribution is 5.83. The molecule has 2 bridgehead atoms. The second kappa shape index (κ2) is 4.60. The summed E-state index contributed by atoms with van der Waals surface area (Å²) in [4.78, 5) is 25.6. The Bertz CT molecular complexity index is 811. The average molecular weight is 358 g/mol. The molecule has 0 amide bonds. The Kier molecular flexibility index (Phi) is 2.85. The fraction of sp³-hybridized carbons (Fsp3) is 0.600. The van der Waals surface area contributed by atoms with E-state index in [-0.39, 0.29) is 29.7 Å². The minimum atomic E-state index is -0.894. The molecule has 0 radical (unpaired) electrons. The van der Waals surface area contributed by atoms with Crippen molar-refractivity contribution in [2.24, 2.45) is 28.6 Å². The van der Waals surface area contributed by atoms with Crippen molar-refractivity contribution < 1.29 is 28.5 Å². The number of hydrogen-bond donors (Lipinski definition) is 0. The minimum Gasteiger partial charge on any atom is -0.468 e. The normalized spacial score (nSPS) is 50.7. The summed E-state index contributed by atoms with van der Waals surface area (Å²) in [6, 6.07) is 0. The molecule has 7 atom stereocenters. The van der Waals surface area contributed by atoms with Crippen LogP contribution < -0.4 is 0 Å². The molecular formula is C20H22O6. The lowest BCUT2D eigenvalue weighted by Gasteiger charge is -2.55. The SMILES string of the molecule is C=CC1(C)CCC2C34OC5OC(=O)C(C=C3C=C(OC)OC(=O)C14)C52C. The maximum Gasteiger partial charge on any atom is 0.320 e. The minimum absolute atomic E-state index is 0.0190. The van der Waals surface area contributed by atoms with Crippen molar-refractivity contribution >= 4 is 11.9 Å². The summed E-state index contributed by atoms with van der Waals surface area (Å²) in [5.74, 6) is -1.52. The van der Waals surface area contributed by atoms with Gasteiger partial charge in [-0.15, -0.1) is 6.58 Å². The number of ether oxygens (including phenoxy) is 4. The molecule has 2 saturated heterocycles. The van der Waals surface area contributed by atoms with Gasteiger partial charge in [0.25, 0.3) is 5.95 Å². The molecule has 0 aromatic rings. The highest BCUT2D eigenvalue weighted by atomic mass is 16.7. The number of carbonyl (C=O) groups excluding carboxylic acids is 2. The molecule has 1 saturated carbocycles. The molecule has 0 aromatic carbocycles. The summed E-state index contributed by atoms with van der Waals surface area (Å²) in [5, 5.41) is 0. The monoisotopic (exact) mass is 358 g/mol. The summed E-state index contributed by atoms with van der Waals surface area (Å²) in [5.41, 5.74) is -1.08. The number of hydrogen-bond acceptors (Lipinski definition) is 6. The first-order valence-electron chi connectivity index (χ1n) is 9.03. The van der Waals surface area contributed by atoms with Gasteiger partial charge < -0.3 is 18.9 Å². The fourth-order valence-corrected chi connectivity index (χ4v) is 6.08. The van der Waals surface area contributed by atoms with Gasteiger partial charge in [-0.2, -0.15) is 0 Å². The van der Waals surface area contributed by atoms with Gasteiger partial charge in [0.1, 0.15) is 5.60 Å². The van der Waals surface area contributed by atoms with Gasteiger partial charge in [-0.25, -0.2) is 0 Å². The smallest absolute Gasteiger partial charge is 0.320 e. The van der Waals surface area contributed by atoms with E-state index in [1.165, 1.54) is 7.11 Å². The van der Waals surface area contributed by atoms with Crippen molar-refractivity contribution in [3.05, 3.63) is 36.3 Å². The van der Waals surface area contributed by atoms with Crippen LogP contribution in [0.15, 0.2) is 36.3 Å². The summed E-state index contributed by atoms with van der Waals surface area (Å²) >= 11 is 0. The fourth-order valence-electron chi connectivity index (χ4n) is 6.08. The van der Waals surface area contributed by atoms with E-state index in [4.69, 9.17) is 18.9 Å². The standard InChI is InChI=1S/C20H22O6/c1-5-18(2)7-6-12-19(3)11-8-10-9-13(23-4)24-16(22)14(18)20(10,12)26-17(19)25-15(11)21/h5,8-9,11-12,14,17H,1,6-7H2,2-4H3. The molecule has 2 aliphatic carbocycles. The van der Waals surface area contributed by atoms with E-state index in [2.05, 4.69) is 6.58 Å². The Morgan fingerprint density at radius 3 is 2.77 bits per heavy atom. The lowest BCUT2D eigenvalue weighted by atomic mass is 9.47. The number of methoxy groups -OCH3 is 1. The summed E-state index contributed by atoms with van der Waals surface area (Å²) in [6.45, 7) is 8.05. The Morgan fingerprint density at radius 1 is 1.31 bits per heavy atom. The molecule has 0 aromatic heterocycles. The van der Waals surface area contributed by atoms with Crippen LogP contribution in [0.4, 0.5) is 0 Å². The van der Waals surface area contributed by atoms with E-state index in [1.54, 1.807) is 6.08 Å². The van der Waals surface area contributed by atoms with Crippen molar-refractivity contribution in [3.63, 3.8) is 0 Å². The molecule has 5 aliphatic rings. The summed E-state index contributed by atoms with van der Waals surface area (Å²) < 4.78 is 22.9. The van der Waals surface area contributed by atoms with Crippen LogP contribution in [0.5, 0.6) is 0 Å². The molecule has 6 nitrogen and oxygen atoms in total. The van der Waals surface area contributed by atoms with E-state index in [1.807, 2.05) is 26.0 Å². The third-order valence-electron chi connectivity index (χ3n) is 7.46. The second-order valence-corrected chi connectivity index (χ2v) is 8.47. The molecule has 26 heavy (non-hydrogen) atoms. The predicted molar refractivity (Wildman–Crippen MR) is 89.1 cm³/mol. The average Bonchev–Trinajstić information content (AvgIpc) is 2.88. The number of cyclic esters (lactones) is 1. The van der Waals surface area contributed by atoms with Crippen molar-refractivity contribution in [2.75, 3.05) is 7.11 Å². The van der Waals surface area contributed by atoms with E-state index in [0.717, 1.165) is 18.4 Å². The van der Waals surface area contributed by atoms with Crippen LogP contribution in [0.2, 0.25) is 0 Å². The van der Waals surface area contributed by atoms with Gasteiger partial charge in [0, 0.05) is 17.4 Å². The van der Waals surface area contributed by atoms with Crippen LogP contribution in [0, 0.1) is 28.6 Å². The van der Waals surface area contributed by atoms with Crippen LogP contribution in [0.3, 0.4) is 0 Å². The largest absolute Gasteiger partial charge is 0.468 e. The lowest BCUT2D eigenvalue weighted by Crippen LogP contribution is -2.61. The van der Waals surface area contributed by atoms with Crippen LogP contribution >= 0.6 is 0 Å². The maximum absolute atomic E-state index is 13.2. The molecule has 3 aliphatic heterocycles. The lowest BCUT2D eigenvalue weighted by molar-refractivity contribution is -0.203. The molecular weight excluding hydrogens is 336 g/mol. The number of rotatable bonds is 2. The summed E-state index contributed by atoms with van der Waals surface area (Å²) in [7, 11) is 1.46. The zero-order valence-electron chi connectivity index (χ0n) is 15.1. The van der Waals surface area contributed by atoms with Crippen molar-refractivity contribution in [1.29, 1.82) is 0 Å². The highest BCUT2D eigenvalue weighted by Crippen LogP contribution is 2.71. The Morgan fingerprint density at radius 2 is 2.08 bits per heavy atom. The molecule has 7 unspecified atom stereocenters. The maximum atomic E-state index is 13.2. The zero-order chi connectivity index (χ0) is 18.5. The van der Waals surface area contributed by atoms with E-state index < -0.39 is 28.6 Å². The van der Waals surface area contributed by atoms with Crippen molar-refractivity contribution in [1.82, 2.24) is 0 Å². The van der Waals surface area contributed by atoms with Gasteiger partial charge in [-0.3, -0.25) is 9.59 Å². The molecule has 3 fully saturated rings. The van der Waals surface area contributed by atoms with Crippen LogP contribution in [-0.4, -0.2) is 30.9 Å². The van der Waals surface area contributed by atoms with Gasteiger partial charge >= 0.3 is 11.9 Å². The summed E-state index contributed by atoms with van der Waals surface area (Å²) in [6.07, 6.45) is 6.36. The number of carbonyl (C=O) groups is 2. The van der Waals surface area contributed by atoms with Gasteiger partial charge in [0.15, 0.2) is 0 Å². The van der Waals surface area contributed by atoms with Gasteiger partial charge in [-0.1, -0.05) is 26.0 Å². The van der Waals surface area contributed by atoms with E-state index >= 15 is 0 Å². The Balaban J connectivity index is 1.82. The van der Waals surface area contributed by atoms with Crippen LogP contribution in [0.1, 0.15) is 26.7 Å². The van der Waals surface area contributed by atoms with E-state index in [9.17, 15) is 9.59 Å². The molecule has 5 rings (SSSR count). The topological polar surface area (TPSA) is 71.1 Å². The Hall–Kier alpha value is -2.08. The van der Waals surface area contributed by atoms with Crippen LogP contribution in [-0.2, 0) is 28.5 Å². The molecule has 138 valence electrons. The third kappa shape index (κ3) is 1.50. The quantitative estimate of drug-likeness (QED) is 0.558. The molecule has 1 spiro atoms. The zero-order valence-corrected chi connectivity index (χ0v) is 15.1. The predicted octanol–water partition coefficient (Wildman–Crippen LogP) is 2.46. The van der Waals surface area contributed by atoms with E-state index in [0.29, 0.717) is 0 Å². The highest BCUT2D eigenvalue weighted by Gasteiger charge is 2.79. The number of allylic oxidation sites excluding steroid dienone is 1. The van der Waals surface area contributed by atoms with Gasteiger partial charge in [0.05, 0.1) is 24.4 Å². The third-order valence-corrected chi connectivity index (χ3v) is 7.46. The number of esters is 2. The van der Waals surface area contributed by atoms with Crippen LogP contribution in [0.25, 0.3) is 0 Å². The van der Waals surface area contributed by atoms with Gasteiger partial charge in [-0.05, 0) is 18.4 Å². The first-order valence-corrected chi connectivity index (χ1v) is 9.03. The van der Waals surface area contributed by atoms with Gasteiger partial charge in [0.2, 0.25) is 6.29 Å². The second-order valence-electron chi connectivity index (χ2n) is 8.47. The molecule has 0 N–H and O–H groups in total. The van der Waals surface area contributed by atoms with Crippen molar-refractivity contribution in [2.45, 2.75) is 38.6 Å². The first kappa shape index (κ1) is 16.1. The van der Waals surface area contributed by atoms with Crippen molar-refractivity contribution in [3.8, 4) is 0 Å². The Labute approximate surface area is 151 Å². The molecule has 3 heterocycles. The first-order chi connectivity index (χ1) is 12.3. The molecule has 6 heteroatoms.